The molecule has 1 fully saturated rings. The van der Waals surface area contributed by atoms with E-state index in [1.807, 2.05) is 0 Å². The molecule has 5 nitrogen and oxygen atoms in total. The van der Waals surface area contributed by atoms with Crippen molar-refractivity contribution in [1.29, 1.82) is 0 Å². The molecule has 94 valence electrons. The maximum absolute atomic E-state index is 11.2. The van der Waals surface area contributed by atoms with Gasteiger partial charge in [-0.25, -0.2) is 4.98 Å². The number of carboxylic acid groups (broad SMARTS) is 1. The summed E-state index contributed by atoms with van der Waals surface area (Å²) < 4.78 is 0. The van der Waals surface area contributed by atoms with Gasteiger partial charge in [0, 0.05) is 11.9 Å². The Morgan fingerprint density at radius 2 is 2.29 bits per heavy atom. The average molecular weight is 237 g/mol. The standard InChI is InChI=1S/C12H19N3O2/c16-12(17)10(11-7-14-8-15-11)2-1-9-3-5-13-6-4-9/h7-10,13H,1-6H2,(H,14,15)(H,16,17). The van der Waals surface area contributed by atoms with Gasteiger partial charge in [0.1, 0.15) is 0 Å². The molecule has 2 heterocycles. The number of piperidine rings is 1. The van der Waals surface area contributed by atoms with E-state index in [9.17, 15) is 9.90 Å². The first-order chi connectivity index (χ1) is 8.27. The van der Waals surface area contributed by atoms with Gasteiger partial charge in [-0.2, -0.15) is 0 Å². The summed E-state index contributed by atoms with van der Waals surface area (Å²) in [5.41, 5.74) is 0.714. The van der Waals surface area contributed by atoms with Crippen LogP contribution in [0.1, 0.15) is 37.3 Å². The molecule has 0 amide bonds. The quantitative estimate of drug-likeness (QED) is 0.722. The fourth-order valence-electron chi connectivity index (χ4n) is 2.44. The normalized spacial score (nSPS) is 19.1. The van der Waals surface area contributed by atoms with Crippen molar-refractivity contribution in [2.45, 2.75) is 31.6 Å². The Hall–Kier alpha value is -1.36. The van der Waals surface area contributed by atoms with Crippen molar-refractivity contribution in [2.75, 3.05) is 13.1 Å². The Balaban J connectivity index is 1.88. The zero-order chi connectivity index (χ0) is 12.1. The number of carbonyl (C=O) groups is 1. The third-order valence-electron chi connectivity index (χ3n) is 3.52. The smallest absolute Gasteiger partial charge is 0.312 e. The predicted molar refractivity (Wildman–Crippen MR) is 63.8 cm³/mol. The van der Waals surface area contributed by atoms with Crippen LogP contribution in [0.15, 0.2) is 12.5 Å². The first kappa shape index (κ1) is 12.1. The maximum atomic E-state index is 11.2. The minimum Gasteiger partial charge on any atom is -0.481 e. The summed E-state index contributed by atoms with van der Waals surface area (Å²) in [5, 5.41) is 12.5. The van der Waals surface area contributed by atoms with Gasteiger partial charge in [-0.1, -0.05) is 0 Å². The van der Waals surface area contributed by atoms with Crippen molar-refractivity contribution in [3.05, 3.63) is 18.2 Å². The maximum Gasteiger partial charge on any atom is 0.312 e. The van der Waals surface area contributed by atoms with Crippen LogP contribution in [-0.4, -0.2) is 34.1 Å². The lowest BCUT2D eigenvalue weighted by molar-refractivity contribution is -0.139. The SMILES string of the molecule is O=C(O)C(CCC1CCNCC1)c1cnc[nH]1. The molecule has 17 heavy (non-hydrogen) atoms. The molecule has 1 saturated heterocycles. The second-order valence-electron chi connectivity index (χ2n) is 4.67. The molecule has 1 atom stereocenters. The summed E-state index contributed by atoms with van der Waals surface area (Å²) in [6, 6.07) is 0. The molecule has 0 saturated carbocycles. The Labute approximate surface area is 101 Å². The van der Waals surface area contributed by atoms with Gasteiger partial charge in [-0.15, -0.1) is 0 Å². The molecule has 0 spiro atoms. The second-order valence-corrected chi connectivity index (χ2v) is 4.67. The molecule has 5 heteroatoms. The summed E-state index contributed by atoms with van der Waals surface area (Å²) in [4.78, 5) is 18.0. The van der Waals surface area contributed by atoms with E-state index in [0.29, 0.717) is 18.0 Å². The predicted octanol–water partition coefficient (Wildman–Crippen LogP) is 1.36. The Morgan fingerprint density at radius 3 is 2.88 bits per heavy atom. The van der Waals surface area contributed by atoms with E-state index < -0.39 is 11.9 Å². The lowest BCUT2D eigenvalue weighted by atomic mass is 9.88. The number of aliphatic carboxylic acids is 1. The highest BCUT2D eigenvalue weighted by Crippen LogP contribution is 2.25. The highest BCUT2D eigenvalue weighted by Gasteiger charge is 2.23. The molecule has 1 unspecified atom stereocenters. The summed E-state index contributed by atoms with van der Waals surface area (Å²) in [6.45, 7) is 2.12. The van der Waals surface area contributed by atoms with Crippen LogP contribution in [0.3, 0.4) is 0 Å². The van der Waals surface area contributed by atoms with Crippen LogP contribution < -0.4 is 5.32 Å². The van der Waals surface area contributed by atoms with Crippen LogP contribution in [0, 0.1) is 5.92 Å². The van der Waals surface area contributed by atoms with E-state index in [1.165, 1.54) is 6.33 Å². The molecule has 1 aromatic rings. The Morgan fingerprint density at radius 1 is 1.53 bits per heavy atom. The Kier molecular flexibility index (Phi) is 4.14. The van der Waals surface area contributed by atoms with Gasteiger partial charge in [0.15, 0.2) is 0 Å². The fourth-order valence-corrected chi connectivity index (χ4v) is 2.44. The molecule has 1 aliphatic rings. The van der Waals surface area contributed by atoms with E-state index in [2.05, 4.69) is 15.3 Å². The summed E-state index contributed by atoms with van der Waals surface area (Å²) >= 11 is 0. The Bertz CT molecular complexity index is 345. The van der Waals surface area contributed by atoms with E-state index in [4.69, 9.17) is 0 Å². The molecular weight excluding hydrogens is 218 g/mol. The molecule has 1 aliphatic heterocycles. The summed E-state index contributed by atoms with van der Waals surface area (Å²) in [7, 11) is 0. The van der Waals surface area contributed by atoms with Crippen molar-refractivity contribution in [3.63, 3.8) is 0 Å². The fraction of sp³-hybridized carbons (Fsp3) is 0.667. The second kappa shape index (κ2) is 5.82. The van der Waals surface area contributed by atoms with E-state index in [0.717, 1.165) is 32.4 Å². The summed E-state index contributed by atoms with van der Waals surface area (Å²) in [6.07, 6.45) is 7.15. The lowest BCUT2D eigenvalue weighted by Gasteiger charge is -2.23. The highest BCUT2D eigenvalue weighted by atomic mass is 16.4. The van der Waals surface area contributed by atoms with Gasteiger partial charge >= 0.3 is 5.97 Å². The van der Waals surface area contributed by atoms with Gasteiger partial charge < -0.3 is 15.4 Å². The van der Waals surface area contributed by atoms with E-state index >= 15 is 0 Å². The molecule has 3 N–H and O–H groups in total. The summed E-state index contributed by atoms with van der Waals surface area (Å²) in [5.74, 6) is -0.531. The molecule has 0 aliphatic carbocycles. The van der Waals surface area contributed by atoms with Crippen LogP contribution in [-0.2, 0) is 4.79 Å². The number of aromatic nitrogens is 2. The van der Waals surface area contributed by atoms with Gasteiger partial charge in [0.2, 0.25) is 0 Å². The largest absolute Gasteiger partial charge is 0.481 e. The van der Waals surface area contributed by atoms with Crippen LogP contribution in [0.2, 0.25) is 0 Å². The van der Waals surface area contributed by atoms with Crippen molar-refractivity contribution in [2.24, 2.45) is 5.92 Å². The van der Waals surface area contributed by atoms with Crippen molar-refractivity contribution >= 4 is 5.97 Å². The zero-order valence-electron chi connectivity index (χ0n) is 9.85. The van der Waals surface area contributed by atoms with E-state index in [1.54, 1.807) is 6.20 Å². The number of aromatic amines is 1. The first-order valence-electron chi connectivity index (χ1n) is 6.19. The molecule has 2 rings (SSSR count). The van der Waals surface area contributed by atoms with Crippen LogP contribution in [0.4, 0.5) is 0 Å². The van der Waals surface area contributed by atoms with Crippen molar-refractivity contribution < 1.29 is 9.90 Å². The van der Waals surface area contributed by atoms with E-state index in [-0.39, 0.29) is 0 Å². The van der Waals surface area contributed by atoms with Gasteiger partial charge in [0.25, 0.3) is 0 Å². The number of nitrogens with zero attached hydrogens (tertiary/aromatic N) is 1. The minimum absolute atomic E-state index is 0.438. The number of carboxylic acids is 1. The molecule has 0 bridgehead atoms. The lowest BCUT2D eigenvalue weighted by Crippen LogP contribution is -2.28. The molecule has 1 aromatic heterocycles. The number of hydrogen-bond donors (Lipinski definition) is 3. The van der Waals surface area contributed by atoms with Crippen molar-refractivity contribution in [3.8, 4) is 0 Å². The topological polar surface area (TPSA) is 78.0 Å². The third-order valence-corrected chi connectivity index (χ3v) is 3.52. The minimum atomic E-state index is -0.761. The number of imidazole rings is 1. The van der Waals surface area contributed by atoms with Gasteiger partial charge in [-0.3, -0.25) is 4.79 Å². The number of rotatable bonds is 5. The van der Waals surface area contributed by atoms with Gasteiger partial charge in [-0.05, 0) is 44.7 Å². The molecule has 0 aromatic carbocycles. The first-order valence-corrected chi connectivity index (χ1v) is 6.19. The zero-order valence-corrected chi connectivity index (χ0v) is 9.85. The van der Waals surface area contributed by atoms with Crippen LogP contribution >= 0.6 is 0 Å². The number of nitrogens with one attached hydrogen (secondary N) is 2. The van der Waals surface area contributed by atoms with Crippen molar-refractivity contribution in [1.82, 2.24) is 15.3 Å². The third kappa shape index (κ3) is 3.30. The number of H-pyrrole nitrogens is 1. The monoisotopic (exact) mass is 237 g/mol. The average Bonchev–Trinajstić information content (AvgIpc) is 2.84. The number of hydrogen-bond acceptors (Lipinski definition) is 3. The molecular formula is C12H19N3O2. The van der Waals surface area contributed by atoms with Crippen LogP contribution in [0.5, 0.6) is 0 Å². The molecule has 0 radical (unpaired) electrons. The van der Waals surface area contributed by atoms with Gasteiger partial charge in [0.05, 0.1) is 12.2 Å². The van der Waals surface area contributed by atoms with Crippen LogP contribution in [0.25, 0.3) is 0 Å². The highest BCUT2D eigenvalue weighted by molar-refractivity contribution is 5.75.